The molecule has 0 aliphatic carbocycles. The molecule has 0 bridgehead atoms. The quantitative estimate of drug-likeness (QED) is 0.720. The Hall–Kier alpha value is -2.87. The second kappa shape index (κ2) is 7.35. The van der Waals surface area contributed by atoms with Gasteiger partial charge in [-0.1, -0.05) is 0 Å². The SMILES string of the molecule is Cc1ccnc(Nc2nc(CC(=O)Nc3ccc(F)c(F)c3)cs2)c1. The third-order valence-electron chi connectivity index (χ3n) is 3.25. The molecule has 0 saturated heterocycles. The third kappa shape index (κ3) is 4.57. The summed E-state index contributed by atoms with van der Waals surface area (Å²) in [6, 6.07) is 6.97. The summed E-state index contributed by atoms with van der Waals surface area (Å²) >= 11 is 1.35. The number of nitrogens with zero attached hydrogens (tertiary/aromatic N) is 2. The van der Waals surface area contributed by atoms with E-state index in [4.69, 9.17) is 0 Å². The molecule has 8 heteroatoms. The zero-order chi connectivity index (χ0) is 17.8. The van der Waals surface area contributed by atoms with E-state index in [-0.39, 0.29) is 18.0 Å². The summed E-state index contributed by atoms with van der Waals surface area (Å²) < 4.78 is 26.0. The van der Waals surface area contributed by atoms with Crippen molar-refractivity contribution < 1.29 is 13.6 Å². The number of rotatable bonds is 5. The molecule has 5 nitrogen and oxygen atoms in total. The Labute approximate surface area is 146 Å². The number of pyridine rings is 1. The highest BCUT2D eigenvalue weighted by Gasteiger charge is 2.10. The normalized spacial score (nSPS) is 10.5. The molecule has 2 N–H and O–H groups in total. The van der Waals surface area contributed by atoms with Crippen LogP contribution in [0.4, 0.5) is 25.4 Å². The van der Waals surface area contributed by atoms with E-state index in [0.717, 1.165) is 17.7 Å². The van der Waals surface area contributed by atoms with E-state index < -0.39 is 11.6 Å². The van der Waals surface area contributed by atoms with Crippen LogP contribution in [0.15, 0.2) is 41.9 Å². The van der Waals surface area contributed by atoms with Crippen LogP contribution in [-0.2, 0) is 11.2 Å². The lowest BCUT2D eigenvalue weighted by Gasteiger charge is -2.04. The maximum atomic E-state index is 13.1. The molecule has 1 amide bonds. The van der Waals surface area contributed by atoms with E-state index >= 15 is 0 Å². The van der Waals surface area contributed by atoms with Crippen molar-refractivity contribution in [2.75, 3.05) is 10.6 Å². The fourth-order valence-electron chi connectivity index (χ4n) is 2.10. The number of thiazole rings is 1. The number of benzene rings is 1. The van der Waals surface area contributed by atoms with Gasteiger partial charge in [0.1, 0.15) is 5.82 Å². The van der Waals surface area contributed by atoms with Crippen molar-refractivity contribution in [3.05, 3.63) is 64.8 Å². The average Bonchev–Trinajstić information content (AvgIpc) is 2.98. The number of amides is 1. The first-order chi connectivity index (χ1) is 12.0. The number of anilines is 3. The number of nitrogens with one attached hydrogen (secondary N) is 2. The highest BCUT2D eigenvalue weighted by atomic mass is 32.1. The van der Waals surface area contributed by atoms with Crippen molar-refractivity contribution in [2.45, 2.75) is 13.3 Å². The molecule has 1 aromatic carbocycles. The molecular weight excluding hydrogens is 346 g/mol. The van der Waals surface area contributed by atoms with Gasteiger partial charge in [-0.05, 0) is 36.8 Å². The Kier molecular flexibility index (Phi) is 4.99. The molecular formula is C17H14F2N4OS. The molecule has 0 spiro atoms. The summed E-state index contributed by atoms with van der Waals surface area (Å²) in [7, 11) is 0. The maximum absolute atomic E-state index is 13.1. The van der Waals surface area contributed by atoms with Crippen LogP contribution >= 0.6 is 11.3 Å². The van der Waals surface area contributed by atoms with Crippen LogP contribution < -0.4 is 10.6 Å². The molecule has 0 fully saturated rings. The molecule has 0 aliphatic heterocycles. The van der Waals surface area contributed by atoms with Crippen molar-refractivity contribution in [2.24, 2.45) is 0 Å². The molecule has 0 atom stereocenters. The van der Waals surface area contributed by atoms with E-state index in [2.05, 4.69) is 20.6 Å². The van der Waals surface area contributed by atoms with Crippen molar-refractivity contribution in [3.8, 4) is 0 Å². The van der Waals surface area contributed by atoms with Gasteiger partial charge in [-0.25, -0.2) is 18.7 Å². The Morgan fingerprint density at radius 2 is 2.04 bits per heavy atom. The summed E-state index contributed by atoms with van der Waals surface area (Å²) in [5.41, 5.74) is 1.84. The summed E-state index contributed by atoms with van der Waals surface area (Å²) in [5.74, 6) is -1.66. The summed E-state index contributed by atoms with van der Waals surface area (Å²) in [4.78, 5) is 20.5. The summed E-state index contributed by atoms with van der Waals surface area (Å²) in [5, 5.41) is 7.96. The molecule has 3 rings (SSSR count). The summed E-state index contributed by atoms with van der Waals surface area (Å²) in [6.07, 6.45) is 1.72. The van der Waals surface area contributed by atoms with Gasteiger partial charge in [0, 0.05) is 23.3 Å². The van der Waals surface area contributed by atoms with E-state index in [1.807, 2.05) is 19.1 Å². The highest BCUT2D eigenvalue weighted by molar-refractivity contribution is 7.13. The van der Waals surface area contributed by atoms with Gasteiger partial charge in [-0.15, -0.1) is 11.3 Å². The van der Waals surface area contributed by atoms with Gasteiger partial charge in [0.15, 0.2) is 16.8 Å². The van der Waals surface area contributed by atoms with E-state index in [9.17, 15) is 13.6 Å². The molecule has 0 aliphatic rings. The van der Waals surface area contributed by atoms with Crippen LogP contribution in [0.25, 0.3) is 0 Å². The number of halogens is 2. The van der Waals surface area contributed by atoms with Gasteiger partial charge in [0.05, 0.1) is 12.1 Å². The highest BCUT2D eigenvalue weighted by Crippen LogP contribution is 2.21. The van der Waals surface area contributed by atoms with Crippen LogP contribution in [0.1, 0.15) is 11.3 Å². The Morgan fingerprint density at radius 3 is 2.80 bits per heavy atom. The number of hydrogen-bond donors (Lipinski definition) is 2. The number of aryl methyl sites for hydroxylation is 1. The van der Waals surface area contributed by atoms with Crippen molar-refractivity contribution in [1.82, 2.24) is 9.97 Å². The van der Waals surface area contributed by atoms with Crippen molar-refractivity contribution in [1.29, 1.82) is 0 Å². The number of hydrogen-bond acceptors (Lipinski definition) is 5. The van der Waals surface area contributed by atoms with Crippen molar-refractivity contribution in [3.63, 3.8) is 0 Å². The zero-order valence-electron chi connectivity index (χ0n) is 13.2. The van der Waals surface area contributed by atoms with Crippen LogP contribution in [0, 0.1) is 18.6 Å². The summed E-state index contributed by atoms with van der Waals surface area (Å²) in [6.45, 7) is 1.96. The van der Waals surface area contributed by atoms with Gasteiger partial charge in [0.2, 0.25) is 5.91 Å². The minimum atomic E-state index is -1.01. The molecule has 0 unspecified atom stereocenters. The molecule has 2 aromatic heterocycles. The van der Waals surface area contributed by atoms with Gasteiger partial charge in [-0.3, -0.25) is 4.79 Å². The zero-order valence-corrected chi connectivity index (χ0v) is 14.0. The van der Waals surface area contributed by atoms with Crippen LogP contribution in [0.2, 0.25) is 0 Å². The van der Waals surface area contributed by atoms with E-state index in [0.29, 0.717) is 16.6 Å². The molecule has 3 aromatic rings. The topological polar surface area (TPSA) is 66.9 Å². The van der Waals surface area contributed by atoms with Gasteiger partial charge >= 0.3 is 0 Å². The standard InChI is InChI=1S/C17H14F2N4OS/c1-10-4-5-20-15(6-10)23-17-22-12(9-25-17)8-16(24)21-11-2-3-13(18)14(19)7-11/h2-7,9H,8H2,1H3,(H,21,24)(H,20,22,23). The second-order valence-corrected chi connectivity index (χ2v) is 6.20. The van der Waals surface area contributed by atoms with Crippen LogP contribution in [0.3, 0.4) is 0 Å². The maximum Gasteiger partial charge on any atom is 0.230 e. The number of carbonyl (C=O) groups is 1. The molecule has 25 heavy (non-hydrogen) atoms. The first kappa shape index (κ1) is 17.0. The smallest absolute Gasteiger partial charge is 0.230 e. The molecule has 0 saturated carbocycles. The fraction of sp³-hybridized carbons (Fsp3) is 0.118. The lowest BCUT2D eigenvalue weighted by Crippen LogP contribution is -2.14. The predicted octanol–water partition coefficient (Wildman–Crippen LogP) is 4.05. The lowest BCUT2D eigenvalue weighted by atomic mass is 10.2. The molecule has 0 radical (unpaired) electrons. The minimum Gasteiger partial charge on any atom is -0.326 e. The van der Waals surface area contributed by atoms with Gasteiger partial charge in [-0.2, -0.15) is 0 Å². The van der Waals surface area contributed by atoms with Crippen molar-refractivity contribution >= 4 is 33.9 Å². The Morgan fingerprint density at radius 1 is 1.20 bits per heavy atom. The molecule has 2 heterocycles. The number of carbonyl (C=O) groups excluding carboxylic acids is 1. The first-order valence-electron chi connectivity index (χ1n) is 7.38. The fourth-order valence-corrected chi connectivity index (χ4v) is 2.82. The first-order valence-corrected chi connectivity index (χ1v) is 8.26. The van der Waals surface area contributed by atoms with Gasteiger partial charge in [0.25, 0.3) is 0 Å². The largest absolute Gasteiger partial charge is 0.326 e. The third-order valence-corrected chi connectivity index (χ3v) is 4.05. The van der Waals surface area contributed by atoms with Gasteiger partial charge < -0.3 is 10.6 Å². The Balaban J connectivity index is 1.60. The second-order valence-electron chi connectivity index (χ2n) is 5.34. The monoisotopic (exact) mass is 360 g/mol. The Bertz CT molecular complexity index is 913. The number of aromatic nitrogens is 2. The van der Waals surface area contributed by atoms with Crippen LogP contribution in [0.5, 0.6) is 0 Å². The average molecular weight is 360 g/mol. The predicted molar refractivity (Wildman–Crippen MR) is 93.1 cm³/mol. The van der Waals surface area contributed by atoms with E-state index in [1.165, 1.54) is 17.4 Å². The van der Waals surface area contributed by atoms with E-state index in [1.54, 1.807) is 11.6 Å². The lowest BCUT2D eigenvalue weighted by molar-refractivity contribution is -0.115. The van der Waals surface area contributed by atoms with Crippen LogP contribution in [-0.4, -0.2) is 15.9 Å². The minimum absolute atomic E-state index is 0.0262. The molecule has 128 valence electrons.